The molecule has 1 fully saturated rings. The van der Waals surface area contributed by atoms with E-state index in [1.165, 1.54) is 0 Å². The van der Waals surface area contributed by atoms with E-state index >= 15 is 0 Å². The topological polar surface area (TPSA) is 88.2 Å². The van der Waals surface area contributed by atoms with E-state index in [0.29, 0.717) is 0 Å². The second-order valence-corrected chi connectivity index (χ2v) is 6.03. The molecule has 0 bridgehead atoms. The first-order valence-electron chi connectivity index (χ1n) is 6.75. The van der Waals surface area contributed by atoms with Gasteiger partial charge in [0.25, 0.3) is 0 Å². The first-order chi connectivity index (χ1) is 8.76. The predicted octanol–water partition coefficient (Wildman–Crippen LogP) is 2.30. The second kappa shape index (κ2) is 6.12. The number of carbonyl (C=O) groups excluding carboxylic acids is 1. The van der Waals surface area contributed by atoms with E-state index in [1.807, 2.05) is 20.8 Å². The molecule has 0 unspecified atom stereocenters. The SMILES string of the molecule is C[C@H](C(N)=NO)N(C(=O)OC(C)(C)C)C1CCCC1. The molecule has 0 radical (unpaired) electrons. The van der Waals surface area contributed by atoms with Gasteiger partial charge in [-0.25, -0.2) is 4.79 Å². The molecule has 1 aliphatic rings. The van der Waals surface area contributed by atoms with Crippen LogP contribution in [0, 0.1) is 0 Å². The third-order valence-corrected chi connectivity index (χ3v) is 3.28. The van der Waals surface area contributed by atoms with Crippen molar-refractivity contribution in [3.05, 3.63) is 0 Å². The molecule has 6 heteroatoms. The van der Waals surface area contributed by atoms with Crippen LogP contribution in [0.5, 0.6) is 0 Å². The fourth-order valence-electron chi connectivity index (χ4n) is 2.35. The maximum Gasteiger partial charge on any atom is 0.411 e. The van der Waals surface area contributed by atoms with Crippen LogP contribution in [0.15, 0.2) is 5.16 Å². The molecular weight excluding hydrogens is 246 g/mol. The molecule has 1 aliphatic carbocycles. The standard InChI is InChI=1S/C13H25N3O3/c1-9(11(14)15-18)16(10-7-5-6-8-10)12(17)19-13(2,3)4/h9-10,18H,5-8H2,1-4H3,(H2,14,15)/t9-/m1/s1. The van der Waals surface area contributed by atoms with E-state index in [-0.39, 0.29) is 11.9 Å². The van der Waals surface area contributed by atoms with Gasteiger partial charge < -0.3 is 15.7 Å². The van der Waals surface area contributed by atoms with E-state index < -0.39 is 17.7 Å². The van der Waals surface area contributed by atoms with Gasteiger partial charge in [-0.05, 0) is 40.5 Å². The zero-order valence-corrected chi connectivity index (χ0v) is 12.2. The maximum atomic E-state index is 12.3. The van der Waals surface area contributed by atoms with Gasteiger partial charge in [0.15, 0.2) is 5.84 Å². The lowest BCUT2D eigenvalue weighted by Gasteiger charge is -2.35. The van der Waals surface area contributed by atoms with Gasteiger partial charge in [0.05, 0.1) is 6.04 Å². The van der Waals surface area contributed by atoms with Crippen LogP contribution < -0.4 is 5.73 Å². The van der Waals surface area contributed by atoms with Crippen molar-refractivity contribution in [1.82, 2.24) is 4.90 Å². The van der Waals surface area contributed by atoms with Crippen LogP contribution in [0.2, 0.25) is 0 Å². The zero-order chi connectivity index (χ0) is 14.6. The number of nitrogens with zero attached hydrogens (tertiary/aromatic N) is 2. The highest BCUT2D eigenvalue weighted by Crippen LogP contribution is 2.27. The number of hydrogen-bond acceptors (Lipinski definition) is 4. The number of hydrogen-bond donors (Lipinski definition) is 2. The largest absolute Gasteiger partial charge is 0.444 e. The average molecular weight is 271 g/mol. The van der Waals surface area contributed by atoms with E-state index in [2.05, 4.69) is 5.16 Å². The van der Waals surface area contributed by atoms with Gasteiger partial charge in [-0.15, -0.1) is 0 Å². The first kappa shape index (κ1) is 15.6. The third-order valence-electron chi connectivity index (χ3n) is 3.28. The Kier molecular flexibility index (Phi) is 5.03. The van der Waals surface area contributed by atoms with E-state index in [1.54, 1.807) is 11.8 Å². The molecule has 1 saturated carbocycles. The lowest BCUT2D eigenvalue weighted by atomic mass is 10.1. The second-order valence-electron chi connectivity index (χ2n) is 6.03. The van der Waals surface area contributed by atoms with Gasteiger partial charge in [0, 0.05) is 6.04 Å². The molecule has 19 heavy (non-hydrogen) atoms. The van der Waals surface area contributed by atoms with Gasteiger partial charge in [0.2, 0.25) is 0 Å². The van der Waals surface area contributed by atoms with Crippen LogP contribution >= 0.6 is 0 Å². The minimum absolute atomic E-state index is 0.0257. The summed E-state index contributed by atoms with van der Waals surface area (Å²) in [5.74, 6) is 0.0257. The summed E-state index contributed by atoms with van der Waals surface area (Å²) < 4.78 is 5.42. The van der Waals surface area contributed by atoms with Crippen LogP contribution in [0.25, 0.3) is 0 Å². The average Bonchev–Trinajstić information content (AvgIpc) is 2.79. The first-order valence-corrected chi connectivity index (χ1v) is 6.75. The third kappa shape index (κ3) is 4.29. The molecule has 1 rings (SSSR count). The lowest BCUT2D eigenvalue weighted by Crippen LogP contribution is -2.52. The molecule has 0 saturated heterocycles. The van der Waals surface area contributed by atoms with Crippen molar-refractivity contribution in [3.63, 3.8) is 0 Å². The number of ether oxygens (including phenoxy) is 1. The van der Waals surface area contributed by atoms with Crippen molar-refractivity contribution >= 4 is 11.9 Å². The zero-order valence-electron chi connectivity index (χ0n) is 12.2. The predicted molar refractivity (Wildman–Crippen MR) is 73.2 cm³/mol. The molecule has 6 nitrogen and oxygen atoms in total. The Morgan fingerprint density at radius 3 is 2.37 bits per heavy atom. The maximum absolute atomic E-state index is 12.3. The van der Waals surface area contributed by atoms with Crippen molar-refractivity contribution in [3.8, 4) is 0 Å². The Hall–Kier alpha value is -1.46. The molecule has 0 aromatic rings. The molecule has 110 valence electrons. The number of rotatable bonds is 3. The summed E-state index contributed by atoms with van der Waals surface area (Å²) in [5.41, 5.74) is 5.08. The van der Waals surface area contributed by atoms with Crippen molar-refractivity contribution in [2.45, 2.75) is 71.1 Å². The molecule has 0 aliphatic heterocycles. The minimum atomic E-state index is -0.557. The number of oxime groups is 1. The number of nitrogens with two attached hydrogens (primary N) is 1. The number of amidine groups is 1. The molecule has 0 heterocycles. The normalized spacial score (nSPS) is 19.3. The Morgan fingerprint density at radius 2 is 1.95 bits per heavy atom. The summed E-state index contributed by atoms with van der Waals surface area (Å²) in [6.45, 7) is 7.22. The van der Waals surface area contributed by atoms with Crippen LogP contribution in [0.4, 0.5) is 4.79 Å². The molecule has 1 atom stereocenters. The summed E-state index contributed by atoms with van der Waals surface area (Å²) in [7, 11) is 0. The van der Waals surface area contributed by atoms with Gasteiger partial charge in [-0.2, -0.15) is 0 Å². The van der Waals surface area contributed by atoms with Crippen LogP contribution in [0.3, 0.4) is 0 Å². The molecule has 1 amide bonds. The molecule has 0 spiro atoms. The molecule has 3 N–H and O–H groups in total. The number of amides is 1. The van der Waals surface area contributed by atoms with Gasteiger partial charge in [0.1, 0.15) is 5.60 Å². The molecular formula is C13H25N3O3. The van der Waals surface area contributed by atoms with Crippen molar-refractivity contribution < 1.29 is 14.7 Å². The van der Waals surface area contributed by atoms with Gasteiger partial charge in [-0.1, -0.05) is 18.0 Å². The summed E-state index contributed by atoms with van der Waals surface area (Å²) in [5, 5.41) is 11.8. The van der Waals surface area contributed by atoms with Crippen molar-refractivity contribution in [2.24, 2.45) is 10.9 Å². The Morgan fingerprint density at radius 1 is 1.42 bits per heavy atom. The highest BCUT2D eigenvalue weighted by molar-refractivity contribution is 5.88. The fourth-order valence-corrected chi connectivity index (χ4v) is 2.35. The lowest BCUT2D eigenvalue weighted by molar-refractivity contribution is 0.0130. The van der Waals surface area contributed by atoms with E-state index in [4.69, 9.17) is 15.7 Å². The molecule has 0 aromatic heterocycles. The summed E-state index contributed by atoms with van der Waals surface area (Å²) in [6.07, 6.45) is 3.64. The smallest absolute Gasteiger partial charge is 0.411 e. The molecule has 0 aromatic carbocycles. The fraction of sp³-hybridized carbons (Fsp3) is 0.846. The Balaban J connectivity index is 2.88. The summed E-state index contributed by atoms with van der Waals surface area (Å²) in [4.78, 5) is 13.9. The van der Waals surface area contributed by atoms with Crippen LogP contribution in [-0.4, -0.2) is 39.7 Å². The van der Waals surface area contributed by atoms with Crippen LogP contribution in [0.1, 0.15) is 53.4 Å². The van der Waals surface area contributed by atoms with Gasteiger partial charge in [-0.3, -0.25) is 4.90 Å². The van der Waals surface area contributed by atoms with E-state index in [9.17, 15) is 4.79 Å². The Labute approximate surface area is 114 Å². The van der Waals surface area contributed by atoms with Crippen molar-refractivity contribution in [1.29, 1.82) is 0 Å². The minimum Gasteiger partial charge on any atom is -0.444 e. The monoisotopic (exact) mass is 271 g/mol. The number of carbonyl (C=O) groups is 1. The Bertz CT molecular complexity index is 344. The van der Waals surface area contributed by atoms with E-state index in [0.717, 1.165) is 25.7 Å². The van der Waals surface area contributed by atoms with Gasteiger partial charge >= 0.3 is 6.09 Å². The highest BCUT2D eigenvalue weighted by Gasteiger charge is 2.35. The highest BCUT2D eigenvalue weighted by atomic mass is 16.6. The summed E-state index contributed by atoms with van der Waals surface area (Å²) in [6, 6.07) is -0.368. The van der Waals surface area contributed by atoms with Crippen molar-refractivity contribution in [2.75, 3.05) is 0 Å². The quantitative estimate of drug-likeness (QED) is 0.357. The van der Waals surface area contributed by atoms with Crippen LogP contribution in [-0.2, 0) is 4.74 Å². The summed E-state index contributed by atoms with van der Waals surface area (Å²) >= 11 is 0.